The van der Waals surface area contributed by atoms with Crippen LogP contribution in [0.2, 0.25) is 0 Å². The number of hydrogen-bond acceptors (Lipinski definition) is 2. The van der Waals surface area contributed by atoms with E-state index >= 15 is 0 Å². The second-order valence-corrected chi connectivity index (χ2v) is 3.93. The minimum Gasteiger partial charge on any atom is -0.244 e. The maximum absolute atomic E-state index is 4.47. The van der Waals surface area contributed by atoms with Crippen LogP contribution in [0.3, 0.4) is 0 Å². The maximum atomic E-state index is 4.47. The number of pyridine rings is 1. The van der Waals surface area contributed by atoms with Gasteiger partial charge in [0.1, 0.15) is 0 Å². The fourth-order valence-electron chi connectivity index (χ4n) is 1.77. The Balaban J connectivity index is 2.17. The van der Waals surface area contributed by atoms with E-state index in [1.807, 2.05) is 12.4 Å². The maximum Gasteiger partial charge on any atom is 0.157 e. The Morgan fingerprint density at radius 1 is 1.43 bits per heavy atom. The molecule has 1 saturated carbocycles. The third-order valence-electron chi connectivity index (χ3n) is 2.79. The van der Waals surface area contributed by atoms with E-state index in [0.717, 1.165) is 12.1 Å². The van der Waals surface area contributed by atoms with Gasteiger partial charge in [-0.3, -0.25) is 0 Å². The molecular weight excluding hydrogens is 174 g/mol. The first-order valence-corrected chi connectivity index (χ1v) is 5.20. The van der Waals surface area contributed by atoms with Crippen LogP contribution in [-0.4, -0.2) is 14.8 Å². The largest absolute Gasteiger partial charge is 0.244 e. The Bertz CT molecular complexity index is 468. The van der Waals surface area contributed by atoms with Gasteiger partial charge in [-0.25, -0.2) is 9.67 Å². The summed E-state index contributed by atoms with van der Waals surface area (Å²) in [7, 11) is 0. The molecule has 1 fully saturated rings. The first-order chi connectivity index (χ1) is 6.88. The zero-order chi connectivity index (χ0) is 9.54. The van der Waals surface area contributed by atoms with Crippen LogP contribution < -0.4 is 0 Å². The third-order valence-corrected chi connectivity index (χ3v) is 2.79. The van der Waals surface area contributed by atoms with Crippen molar-refractivity contribution in [1.82, 2.24) is 14.8 Å². The van der Waals surface area contributed by atoms with Crippen molar-refractivity contribution in [2.75, 3.05) is 0 Å². The van der Waals surface area contributed by atoms with Crippen LogP contribution in [0.15, 0.2) is 18.5 Å². The van der Waals surface area contributed by atoms with E-state index in [-0.39, 0.29) is 0 Å². The van der Waals surface area contributed by atoms with Crippen molar-refractivity contribution >= 4 is 11.0 Å². The Morgan fingerprint density at radius 2 is 2.29 bits per heavy atom. The molecule has 0 atom stereocenters. The van der Waals surface area contributed by atoms with Gasteiger partial charge in [-0.1, -0.05) is 6.92 Å². The number of aromatic nitrogens is 3. The van der Waals surface area contributed by atoms with Gasteiger partial charge >= 0.3 is 0 Å². The van der Waals surface area contributed by atoms with E-state index < -0.39 is 0 Å². The first-order valence-electron chi connectivity index (χ1n) is 5.20. The molecule has 0 spiro atoms. The van der Waals surface area contributed by atoms with Crippen LogP contribution >= 0.6 is 0 Å². The van der Waals surface area contributed by atoms with E-state index in [0.29, 0.717) is 6.04 Å². The summed E-state index contributed by atoms with van der Waals surface area (Å²) in [5.74, 6) is 0. The SMILES string of the molecule is CCc1cnc2c(cnn2C2CC2)c1. The Hall–Kier alpha value is -1.38. The number of rotatable bonds is 2. The van der Waals surface area contributed by atoms with Gasteiger partial charge < -0.3 is 0 Å². The zero-order valence-electron chi connectivity index (χ0n) is 8.27. The topological polar surface area (TPSA) is 30.7 Å². The van der Waals surface area contributed by atoms with Gasteiger partial charge in [-0.05, 0) is 30.9 Å². The fourth-order valence-corrected chi connectivity index (χ4v) is 1.77. The van der Waals surface area contributed by atoms with Crippen molar-refractivity contribution in [3.8, 4) is 0 Å². The number of aryl methyl sites for hydroxylation is 1. The van der Waals surface area contributed by atoms with Crippen molar-refractivity contribution < 1.29 is 0 Å². The van der Waals surface area contributed by atoms with E-state index in [1.54, 1.807) is 0 Å². The molecule has 0 unspecified atom stereocenters. The molecule has 2 aromatic heterocycles. The molecule has 14 heavy (non-hydrogen) atoms. The van der Waals surface area contributed by atoms with Crippen LogP contribution in [-0.2, 0) is 6.42 Å². The van der Waals surface area contributed by atoms with Crippen molar-refractivity contribution in [3.63, 3.8) is 0 Å². The molecule has 0 aromatic carbocycles. The number of fused-ring (bicyclic) bond motifs is 1. The second-order valence-electron chi connectivity index (χ2n) is 3.93. The summed E-state index contributed by atoms with van der Waals surface area (Å²) in [6.07, 6.45) is 7.45. The smallest absolute Gasteiger partial charge is 0.157 e. The lowest BCUT2D eigenvalue weighted by Gasteiger charge is -1.99. The highest BCUT2D eigenvalue weighted by Gasteiger charge is 2.26. The standard InChI is InChI=1S/C11H13N3/c1-2-8-5-9-7-13-14(10-3-4-10)11(9)12-6-8/h5-7,10H,2-4H2,1H3. The number of nitrogens with zero attached hydrogens (tertiary/aromatic N) is 3. The zero-order valence-corrected chi connectivity index (χ0v) is 8.27. The van der Waals surface area contributed by atoms with Gasteiger partial charge in [0.2, 0.25) is 0 Å². The summed E-state index contributed by atoms with van der Waals surface area (Å²) in [5, 5.41) is 5.56. The van der Waals surface area contributed by atoms with E-state index in [1.165, 1.54) is 23.8 Å². The van der Waals surface area contributed by atoms with Crippen LogP contribution in [0.4, 0.5) is 0 Å². The van der Waals surface area contributed by atoms with Crippen molar-refractivity contribution in [2.24, 2.45) is 0 Å². The molecule has 3 nitrogen and oxygen atoms in total. The molecule has 2 heterocycles. The molecule has 1 aliphatic rings. The monoisotopic (exact) mass is 187 g/mol. The van der Waals surface area contributed by atoms with Crippen LogP contribution in [0.25, 0.3) is 11.0 Å². The van der Waals surface area contributed by atoms with E-state index in [4.69, 9.17) is 0 Å². The van der Waals surface area contributed by atoms with Gasteiger partial charge in [0.15, 0.2) is 5.65 Å². The lowest BCUT2D eigenvalue weighted by atomic mass is 10.2. The molecule has 0 amide bonds. The van der Waals surface area contributed by atoms with Crippen molar-refractivity contribution in [1.29, 1.82) is 0 Å². The normalized spacial score (nSPS) is 16.4. The van der Waals surface area contributed by atoms with Crippen molar-refractivity contribution in [3.05, 3.63) is 24.0 Å². The van der Waals surface area contributed by atoms with E-state index in [9.17, 15) is 0 Å². The Morgan fingerprint density at radius 3 is 3.00 bits per heavy atom. The highest BCUT2D eigenvalue weighted by atomic mass is 15.3. The lowest BCUT2D eigenvalue weighted by Crippen LogP contribution is -1.97. The summed E-state index contributed by atoms with van der Waals surface area (Å²) < 4.78 is 2.06. The molecule has 0 aliphatic heterocycles. The molecule has 2 aromatic rings. The summed E-state index contributed by atoms with van der Waals surface area (Å²) in [5.41, 5.74) is 2.33. The summed E-state index contributed by atoms with van der Waals surface area (Å²) in [6, 6.07) is 2.81. The predicted octanol–water partition coefficient (Wildman–Crippen LogP) is 2.33. The molecule has 0 bridgehead atoms. The van der Waals surface area contributed by atoms with Gasteiger partial charge in [0, 0.05) is 11.6 Å². The minimum absolute atomic E-state index is 0.618. The second kappa shape index (κ2) is 2.80. The molecule has 0 N–H and O–H groups in total. The van der Waals surface area contributed by atoms with Gasteiger partial charge in [-0.2, -0.15) is 5.10 Å². The average molecular weight is 187 g/mol. The highest BCUT2D eigenvalue weighted by Crippen LogP contribution is 2.36. The average Bonchev–Trinajstić information content (AvgIpc) is 2.98. The first kappa shape index (κ1) is 7.97. The predicted molar refractivity (Wildman–Crippen MR) is 55.2 cm³/mol. The van der Waals surface area contributed by atoms with Gasteiger partial charge in [-0.15, -0.1) is 0 Å². The molecule has 0 radical (unpaired) electrons. The van der Waals surface area contributed by atoms with Crippen LogP contribution in [0.5, 0.6) is 0 Å². The number of hydrogen-bond donors (Lipinski definition) is 0. The molecular formula is C11H13N3. The fraction of sp³-hybridized carbons (Fsp3) is 0.455. The lowest BCUT2D eigenvalue weighted by molar-refractivity contribution is 0.658. The van der Waals surface area contributed by atoms with E-state index in [2.05, 4.69) is 27.8 Å². The summed E-state index contributed by atoms with van der Waals surface area (Å²) in [6.45, 7) is 2.15. The summed E-state index contributed by atoms with van der Waals surface area (Å²) in [4.78, 5) is 4.47. The third kappa shape index (κ3) is 1.12. The molecule has 1 aliphatic carbocycles. The quantitative estimate of drug-likeness (QED) is 0.722. The Kier molecular flexibility index (Phi) is 1.60. The van der Waals surface area contributed by atoms with Gasteiger partial charge in [0.05, 0.1) is 12.2 Å². The van der Waals surface area contributed by atoms with Crippen LogP contribution in [0, 0.1) is 0 Å². The summed E-state index contributed by atoms with van der Waals surface area (Å²) >= 11 is 0. The Labute approximate surface area is 82.8 Å². The highest BCUT2D eigenvalue weighted by molar-refractivity contribution is 5.75. The molecule has 3 rings (SSSR count). The van der Waals surface area contributed by atoms with Crippen molar-refractivity contribution in [2.45, 2.75) is 32.2 Å². The molecule has 3 heteroatoms. The van der Waals surface area contributed by atoms with Gasteiger partial charge in [0.25, 0.3) is 0 Å². The van der Waals surface area contributed by atoms with Crippen LogP contribution in [0.1, 0.15) is 31.4 Å². The molecule has 72 valence electrons. The minimum atomic E-state index is 0.618. The molecule has 0 saturated heterocycles.